The zero-order valence-electron chi connectivity index (χ0n) is 22.3. The fourth-order valence-corrected chi connectivity index (χ4v) is 4.54. The molecule has 2 heterocycles. The lowest BCUT2D eigenvalue weighted by Gasteiger charge is -2.38. The molecular weight excluding hydrogens is 490 g/mol. The van der Waals surface area contributed by atoms with Crippen LogP contribution in [-0.4, -0.2) is 79.7 Å². The number of aliphatic hydroxyl groups is 2. The van der Waals surface area contributed by atoms with Crippen LogP contribution in [0.3, 0.4) is 0 Å². The molecule has 1 saturated carbocycles. The molecule has 204 valence electrons. The molecule has 0 saturated heterocycles. The van der Waals surface area contributed by atoms with Crippen LogP contribution in [0.5, 0.6) is 0 Å². The molecule has 0 aliphatic heterocycles. The predicted molar refractivity (Wildman–Crippen MR) is 141 cm³/mol. The lowest BCUT2D eigenvalue weighted by Crippen LogP contribution is -2.54. The molecule has 0 unspecified atom stereocenters. The van der Waals surface area contributed by atoms with Gasteiger partial charge in [-0.05, 0) is 51.3 Å². The minimum Gasteiger partial charge on any atom is -0.444 e. The number of carbonyl (C=O) groups excluding carboxylic acids is 2. The quantitative estimate of drug-likeness (QED) is 0.377. The Labute approximate surface area is 221 Å². The molecule has 1 aromatic carbocycles. The summed E-state index contributed by atoms with van der Waals surface area (Å²) in [5, 5.41) is 27.4. The second-order valence-electron chi connectivity index (χ2n) is 10.7. The number of fused-ring (bicyclic) bond motifs is 1. The number of hydrogen-bond donors (Lipinski definition) is 4. The molecule has 1 aliphatic rings. The molecule has 12 nitrogen and oxygen atoms in total. The maximum Gasteiger partial charge on any atom is 0.407 e. The van der Waals surface area contributed by atoms with Gasteiger partial charge in [0.05, 0.1) is 18.4 Å². The second-order valence-corrected chi connectivity index (χ2v) is 10.7. The first-order valence-corrected chi connectivity index (χ1v) is 12.5. The van der Waals surface area contributed by atoms with E-state index < -0.39 is 36.0 Å². The minimum atomic E-state index is -1.18. The number of nitrogens with zero attached hydrogens (tertiary/aromatic N) is 5. The highest BCUT2D eigenvalue weighted by Crippen LogP contribution is 2.32. The van der Waals surface area contributed by atoms with Crippen LogP contribution in [0, 0.1) is 0 Å². The molecule has 0 radical (unpaired) electrons. The lowest BCUT2D eigenvalue weighted by molar-refractivity contribution is -0.0552. The molecule has 0 bridgehead atoms. The van der Waals surface area contributed by atoms with Crippen molar-refractivity contribution in [1.82, 2.24) is 30.2 Å². The van der Waals surface area contributed by atoms with E-state index in [0.29, 0.717) is 35.4 Å². The molecule has 0 spiro atoms. The van der Waals surface area contributed by atoms with Crippen LogP contribution in [0.15, 0.2) is 36.9 Å². The Kier molecular flexibility index (Phi) is 7.83. The summed E-state index contributed by atoms with van der Waals surface area (Å²) in [5.41, 5.74) is 1.81. The average molecular weight is 526 g/mol. The highest BCUT2D eigenvalue weighted by atomic mass is 16.6. The second kappa shape index (κ2) is 10.9. The number of alkyl carbamates (subject to hydrolysis) is 1. The number of hydrogen-bond acceptors (Lipinski definition) is 9. The zero-order chi connectivity index (χ0) is 27.6. The van der Waals surface area contributed by atoms with Gasteiger partial charge in [0.2, 0.25) is 0 Å². The number of imidazole rings is 1. The number of nitrogens with one attached hydrogen (secondary N) is 2. The van der Waals surface area contributed by atoms with E-state index in [2.05, 4.69) is 25.6 Å². The third-order valence-electron chi connectivity index (χ3n) is 6.42. The van der Waals surface area contributed by atoms with E-state index in [1.165, 1.54) is 6.33 Å². The molecule has 3 aromatic rings. The number of amides is 2. The number of carbonyl (C=O) groups is 2. The highest BCUT2D eigenvalue weighted by Gasteiger charge is 2.40. The van der Waals surface area contributed by atoms with Crippen LogP contribution < -0.4 is 15.5 Å². The van der Waals surface area contributed by atoms with Crippen molar-refractivity contribution in [2.45, 2.75) is 70.1 Å². The summed E-state index contributed by atoms with van der Waals surface area (Å²) in [6.45, 7) is 5.63. The number of rotatable bonds is 6. The van der Waals surface area contributed by atoms with E-state index in [9.17, 15) is 19.8 Å². The van der Waals surface area contributed by atoms with Gasteiger partial charge >= 0.3 is 6.09 Å². The summed E-state index contributed by atoms with van der Waals surface area (Å²) in [6.07, 6.45) is 1.18. The van der Waals surface area contributed by atoms with Gasteiger partial charge in [0.15, 0.2) is 17.0 Å². The summed E-state index contributed by atoms with van der Waals surface area (Å²) in [6, 6.07) is 5.70. The zero-order valence-corrected chi connectivity index (χ0v) is 22.3. The van der Waals surface area contributed by atoms with Crippen molar-refractivity contribution in [2.24, 2.45) is 0 Å². The van der Waals surface area contributed by atoms with Gasteiger partial charge < -0.3 is 35.1 Å². The minimum absolute atomic E-state index is 0.260. The number of anilines is 1. The van der Waals surface area contributed by atoms with Crippen LogP contribution in [0.1, 0.15) is 55.6 Å². The van der Waals surface area contributed by atoms with E-state index in [-0.39, 0.29) is 12.5 Å². The molecule has 12 heteroatoms. The highest BCUT2D eigenvalue weighted by molar-refractivity contribution is 5.94. The first kappa shape index (κ1) is 27.3. The standard InChI is InChI=1S/C26H35N7O5/c1-26(2,3)38-25(37)27-12-15-6-8-16(9-7-15)24(36)31-17-10-11-18(21(35)20(17)34)33-14-30-19-22(32(4)5)28-13-29-23(19)33/h6-9,13-14,17-18,20-21,34-35H,10-12H2,1-5H3,(H,27,37)(H,31,36)/t17-,18-,20-,21-/m1/s1. The third kappa shape index (κ3) is 6.03. The average Bonchev–Trinajstić information content (AvgIpc) is 3.29. The van der Waals surface area contributed by atoms with E-state index in [1.807, 2.05) is 19.0 Å². The van der Waals surface area contributed by atoms with Gasteiger partial charge in [0, 0.05) is 26.2 Å². The monoisotopic (exact) mass is 525 g/mol. The molecule has 2 aromatic heterocycles. The van der Waals surface area contributed by atoms with Gasteiger partial charge in [0.25, 0.3) is 5.91 Å². The molecule has 1 fully saturated rings. The predicted octanol–water partition coefficient (Wildman–Crippen LogP) is 1.77. The number of aromatic nitrogens is 4. The van der Waals surface area contributed by atoms with Crippen LogP contribution >= 0.6 is 0 Å². The Bertz CT molecular complexity index is 1290. The molecule has 4 rings (SSSR count). The van der Waals surface area contributed by atoms with Crippen molar-refractivity contribution in [2.75, 3.05) is 19.0 Å². The Morgan fingerprint density at radius 2 is 1.79 bits per heavy atom. The Morgan fingerprint density at radius 1 is 1.08 bits per heavy atom. The molecule has 2 amide bonds. The SMILES string of the molecule is CN(C)c1ncnc2c1ncn2[C@@H]1CC[C@@H](NC(=O)c2ccc(CNC(=O)OC(C)(C)C)cc2)[C@@H](O)[C@@H]1O. The van der Waals surface area contributed by atoms with Crippen molar-refractivity contribution in [3.05, 3.63) is 48.0 Å². The van der Waals surface area contributed by atoms with Gasteiger partial charge in [-0.1, -0.05) is 12.1 Å². The summed E-state index contributed by atoms with van der Waals surface area (Å²) in [7, 11) is 3.73. The Hall–Kier alpha value is -3.77. The van der Waals surface area contributed by atoms with E-state index >= 15 is 0 Å². The van der Waals surface area contributed by atoms with E-state index in [4.69, 9.17) is 4.74 Å². The van der Waals surface area contributed by atoms with Gasteiger partial charge in [0.1, 0.15) is 24.1 Å². The van der Waals surface area contributed by atoms with Crippen LogP contribution in [0.25, 0.3) is 11.2 Å². The maximum absolute atomic E-state index is 12.9. The van der Waals surface area contributed by atoms with Crippen molar-refractivity contribution in [1.29, 1.82) is 0 Å². The molecule has 4 atom stereocenters. The molecular formula is C26H35N7O5. The molecule has 1 aliphatic carbocycles. The summed E-state index contributed by atoms with van der Waals surface area (Å²) < 4.78 is 6.98. The Balaban J connectivity index is 1.36. The normalized spacial score (nSPS) is 21.7. The van der Waals surface area contributed by atoms with Crippen molar-refractivity contribution < 1.29 is 24.5 Å². The summed E-state index contributed by atoms with van der Waals surface area (Å²) in [4.78, 5) is 39.6. The Morgan fingerprint density at radius 3 is 2.45 bits per heavy atom. The van der Waals surface area contributed by atoms with Crippen molar-refractivity contribution in [3.8, 4) is 0 Å². The van der Waals surface area contributed by atoms with Gasteiger partial charge in [-0.3, -0.25) is 4.79 Å². The van der Waals surface area contributed by atoms with Crippen molar-refractivity contribution in [3.63, 3.8) is 0 Å². The molecule has 4 N–H and O–H groups in total. The van der Waals surface area contributed by atoms with Gasteiger partial charge in [-0.2, -0.15) is 0 Å². The van der Waals surface area contributed by atoms with E-state index in [0.717, 1.165) is 5.56 Å². The smallest absolute Gasteiger partial charge is 0.407 e. The molecule has 38 heavy (non-hydrogen) atoms. The first-order chi connectivity index (χ1) is 17.9. The van der Waals surface area contributed by atoms with Gasteiger partial charge in [-0.15, -0.1) is 0 Å². The van der Waals surface area contributed by atoms with Crippen LogP contribution in [0.2, 0.25) is 0 Å². The summed E-state index contributed by atoms with van der Waals surface area (Å²) in [5.74, 6) is 0.305. The van der Waals surface area contributed by atoms with Crippen molar-refractivity contribution >= 4 is 29.0 Å². The van der Waals surface area contributed by atoms with Gasteiger partial charge in [-0.25, -0.2) is 19.7 Å². The third-order valence-corrected chi connectivity index (χ3v) is 6.42. The number of aliphatic hydroxyl groups excluding tert-OH is 2. The van der Waals surface area contributed by atoms with Crippen LogP contribution in [0.4, 0.5) is 10.6 Å². The number of ether oxygens (including phenoxy) is 1. The fraction of sp³-hybridized carbons (Fsp3) is 0.500. The number of benzene rings is 1. The fourth-order valence-electron chi connectivity index (χ4n) is 4.54. The largest absolute Gasteiger partial charge is 0.444 e. The lowest BCUT2D eigenvalue weighted by atomic mass is 9.85. The van der Waals surface area contributed by atoms with E-state index in [1.54, 1.807) is 55.9 Å². The topological polar surface area (TPSA) is 155 Å². The maximum atomic E-state index is 12.9. The van der Waals surface area contributed by atoms with Crippen LogP contribution in [-0.2, 0) is 11.3 Å². The first-order valence-electron chi connectivity index (χ1n) is 12.5. The summed E-state index contributed by atoms with van der Waals surface area (Å²) >= 11 is 0.